The first kappa shape index (κ1) is 20.2. The van der Waals surface area contributed by atoms with E-state index in [1.807, 2.05) is 22.9 Å². The van der Waals surface area contributed by atoms with Gasteiger partial charge in [-0.1, -0.05) is 18.2 Å². The summed E-state index contributed by atoms with van der Waals surface area (Å²) in [5, 5.41) is 9.80. The number of benzene rings is 2. The van der Waals surface area contributed by atoms with Crippen LogP contribution in [0, 0.1) is 5.82 Å². The van der Waals surface area contributed by atoms with Gasteiger partial charge in [0.25, 0.3) is 5.91 Å². The number of nitrogens with zero attached hydrogens (tertiary/aromatic N) is 2. The smallest absolute Gasteiger partial charge is 0.274 e. The highest BCUT2D eigenvalue weighted by Crippen LogP contribution is 2.35. The van der Waals surface area contributed by atoms with Crippen LogP contribution in [0.2, 0.25) is 0 Å². The van der Waals surface area contributed by atoms with Crippen LogP contribution in [0.3, 0.4) is 0 Å². The van der Waals surface area contributed by atoms with E-state index in [2.05, 4.69) is 9.82 Å². The number of carbonyl (C=O) groups excluding carboxylic acids is 1. The molecule has 0 saturated carbocycles. The van der Waals surface area contributed by atoms with Gasteiger partial charge in [0.2, 0.25) is 10.0 Å². The number of carbonyl (C=O) groups is 1. The van der Waals surface area contributed by atoms with Gasteiger partial charge in [-0.15, -0.1) is 0 Å². The molecule has 0 aliphatic carbocycles. The van der Waals surface area contributed by atoms with Gasteiger partial charge in [-0.25, -0.2) is 17.8 Å². The first-order valence-corrected chi connectivity index (χ1v) is 11.9. The third kappa shape index (κ3) is 4.42. The molecule has 1 aliphatic rings. The molecule has 0 saturated heterocycles. The average molecular weight is 444 g/mol. The molecule has 0 spiro atoms. The maximum absolute atomic E-state index is 13.6. The zero-order valence-electron chi connectivity index (χ0n) is 15.9. The quantitative estimate of drug-likeness (QED) is 0.640. The number of sulfonamides is 1. The summed E-state index contributed by atoms with van der Waals surface area (Å²) in [5.74, 6) is -0.887. The predicted octanol–water partition coefficient (Wildman–Crippen LogP) is 4.25. The molecule has 1 aliphatic heterocycles. The maximum Gasteiger partial charge on any atom is 0.274 e. The summed E-state index contributed by atoms with van der Waals surface area (Å²) in [6.45, 7) is 0. The van der Waals surface area contributed by atoms with E-state index < -0.39 is 21.7 Å². The second-order valence-electron chi connectivity index (χ2n) is 6.94. The molecule has 30 heavy (non-hydrogen) atoms. The van der Waals surface area contributed by atoms with Crippen molar-refractivity contribution in [1.29, 1.82) is 0 Å². The van der Waals surface area contributed by atoms with Gasteiger partial charge in [-0.2, -0.15) is 16.4 Å². The molecular weight excluding hydrogens is 425 g/mol. The molecule has 4 rings (SSSR count). The highest BCUT2D eigenvalue weighted by atomic mass is 32.2. The van der Waals surface area contributed by atoms with Crippen molar-refractivity contribution in [2.24, 2.45) is 5.10 Å². The molecule has 1 aromatic heterocycles. The minimum Gasteiger partial charge on any atom is -0.284 e. The largest absolute Gasteiger partial charge is 0.284 e. The molecule has 154 valence electrons. The Labute approximate surface area is 177 Å². The Morgan fingerprint density at radius 2 is 2.00 bits per heavy atom. The van der Waals surface area contributed by atoms with Gasteiger partial charge in [0, 0.05) is 17.7 Å². The number of hydrazone groups is 1. The van der Waals surface area contributed by atoms with E-state index in [1.54, 1.807) is 24.3 Å². The number of halogens is 1. The number of amides is 1. The van der Waals surface area contributed by atoms with Crippen molar-refractivity contribution in [1.82, 2.24) is 5.01 Å². The van der Waals surface area contributed by atoms with E-state index in [0.717, 1.165) is 11.8 Å². The van der Waals surface area contributed by atoms with E-state index in [9.17, 15) is 17.6 Å². The number of hydrogen-bond acceptors (Lipinski definition) is 5. The maximum atomic E-state index is 13.6. The summed E-state index contributed by atoms with van der Waals surface area (Å²) in [6.07, 6.45) is 1.54. The second kappa shape index (κ2) is 8.00. The van der Waals surface area contributed by atoms with Crippen molar-refractivity contribution < 1.29 is 17.6 Å². The van der Waals surface area contributed by atoms with Crippen molar-refractivity contribution in [3.05, 3.63) is 87.9 Å². The Balaban J connectivity index is 1.70. The number of hydrogen-bond donors (Lipinski definition) is 1. The lowest BCUT2D eigenvalue weighted by Crippen LogP contribution is -2.26. The van der Waals surface area contributed by atoms with Crippen molar-refractivity contribution in [2.75, 3.05) is 11.0 Å². The van der Waals surface area contributed by atoms with Crippen LogP contribution in [0.15, 0.2) is 70.5 Å². The zero-order valence-corrected chi connectivity index (χ0v) is 17.6. The lowest BCUT2D eigenvalue weighted by molar-refractivity contribution is 0.0711. The van der Waals surface area contributed by atoms with Gasteiger partial charge >= 0.3 is 0 Å². The molecule has 1 amide bonds. The van der Waals surface area contributed by atoms with Gasteiger partial charge in [0.15, 0.2) is 0 Å². The zero-order chi connectivity index (χ0) is 21.3. The Hall–Kier alpha value is -3.04. The number of thiophene rings is 1. The van der Waals surface area contributed by atoms with Crippen LogP contribution in [-0.2, 0) is 10.0 Å². The van der Waals surface area contributed by atoms with Crippen LogP contribution in [0.1, 0.15) is 33.9 Å². The van der Waals surface area contributed by atoms with E-state index in [1.165, 1.54) is 34.5 Å². The lowest BCUT2D eigenvalue weighted by Gasteiger charge is -2.21. The van der Waals surface area contributed by atoms with E-state index in [0.29, 0.717) is 23.4 Å². The van der Waals surface area contributed by atoms with Gasteiger partial charge in [-0.3, -0.25) is 9.52 Å². The fraction of sp³-hybridized carbons (Fsp3) is 0.143. The molecule has 1 atom stereocenters. The van der Waals surface area contributed by atoms with E-state index >= 15 is 0 Å². The molecule has 3 aromatic rings. The predicted molar refractivity (Wildman–Crippen MR) is 116 cm³/mol. The standard InChI is InChI=1S/C21H18FN3O3S2/c1-30(27,28)24-18-7-3-4-14(11-18)19-12-20(16-8-9-29-13-16)25(23-19)21(26)15-5-2-6-17(22)10-15/h2-11,13,20,24H,12H2,1H3/t20-/m1/s1. The molecule has 0 radical (unpaired) electrons. The van der Waals surface area contributed by atoms with Crippen molar-refractivity contribution >= 4 is 38.7 Å². The van der Waals surface area contributed by atoms with Crippen LogP contribution >= 0.6 is 11.3 Å². The molecule has 6 nitrogen and oxygen atoms in total. The van der Waals surface area contributed by atoms with Gasteiger partial charge in [-0.05, 0) is 58.3 Å². The van der Waals surface area contributed by atoms with E-state index in [-0.39, 0.29) is 11.6 Å². The summed E-state index contributed by atoms with van der Waals surface area (Å²) in [7, 11) is -3.42. The summed E-state index contributed by atoms with van der Waals surface area (Å²) in [4.78, 5) is 13.1. The van der Waals surface area contributed by atoms with Crippen LogP contribution in [0.25, 0.3) is 0 Å². The van der Waals surface area contributed by atoms with Gasteiger partial charge < -0.3 is 0 Å². The summed E-state index contributed by atoms with van der Waals surface area (Å²) >= 11 is 1.52. The summed E-state index contributed by atoms with van der Waals surface area (Å²) in [5.41, 5.74) is 2.92. The third-order valence-electron chi connectivity index (χ3n) is 4.62. The van der Waals surface area contributed by atoms with Crippen molar-refractivity contribution in [3.63, 3.8) is 0 Å². The molecule has 0 unspecified atom stereocenters. The fourth-order valence-corrected chi connectivity index (χ4v) is 4.59. The Kier molecular flexibility index (Phi) is 5.40. The molecule has 9 heteroatoms. The molecule has 2 heterocycles. The molecule has 2 aromatic carbocycles. The van der Waals surface area contributed by atoms with Gasteiger partial charge in [0.1, 0.15) is 5.82 Å². The van der Waals surface area contributed by atoms with Crippen LogP contribution in [0.4, 0.5) is 10.1 Å². The molecule has 1 N–H and O–H groups in total. The highest BCUT2D eigenvalue weighted by molar-refractivity contribution is 7.92. The highest BCUT2D eigenvalue weighted by Gasteiger charge is 2.34. The average Bonchev–Trinajstić information content (AvgIpc) is 3.36. The van der Waals surface area contributed by atoms with Gasteiger partial charge in [0.05, 0.1) is 18.0 Å². The Morgan fingerprint density at radius 3 is 2.70 bits per heavy atom. The second-order valence-corrected chi connectivity index (χ2v) is 9.47. The monoisotopic (exact) mass is 443 g/mol. The van der Waals surface area contributed by atoms with Crippen LogP contribution in [-0.4, -0.2) is 31.3 Å². The van der Waals surface area contributed by atoms with Crippen molar-refractivity contribution in [2.45, 2.75) is 12.5 Å². The first-order chi connectivity index (χ1) is 14.3. The minimum atomic E-state index is -3.42. The number of nitrogens with one attached hydrogen (secondary N) is 1. The first-order valence-electron chi connectivity index (χ1n) is 9.07. The summed E-state index contributed by atoms with van der Waals surface area (Å²) < 4.78 is 39.2. The Morgan fingerprint density at radius 1 is 1.20 bits per heavy atom. The van der Waals surface area contributed by atoms with Crippen LogP contribution in [0.5, 0.6) is 0 Å². The fourth-order valence-electron chi connectivity index (χ4n) is 3.33. The lowest BCUT2D eigenvalue weighted by atomic mass is 10.00. The third-order valence-corrected chi connectivity index (χ3v) is 5.92. The topological polar surface area (TPSA) is 78.8 Å². The molecule has 0 bridgehead atoms. The Bertz CT molecular complexity index is 1220. The molecular formula is C21H18FN3O3S2. The van der Waals surface area contributed by atoms with Crippen molar-refractivity contribution in [3.8, 4) is 0 Å². The normalized spacial score (nSPS) is 16.4. The van der Waals surface area contributed by atoms with E-state index in [4.69, 9.17) is 0 Å². The van der Waals surface area contributed by atoms with Crippen LogP contribution < -0.4 is 4.72 Å². The summed E-state index contributed by atoms with van der Waals surface area (Å²) in [6, 6.07) is 14.0. The SMILES string of the molecule is CS(=O)(=O)Nc1cccc(C2=NN(C(=O)c3cccc(F)c3)[C@@H](c3ccsc3)C2)c1. The minimum absolute atomic E-state index is 0.215. The number of anilines is 1. The molecule has 0 fully saturated rings. The number of rotatable bonds is 5.